The maximum atomic E-state index is 14.4. The van der Waals surface area contributed by atoms with E-state index in [0.717, 1.165) is 25.1 Å². The van der Waals surface area contributed by atoms with Gasteiger partial charge in [0, 0.05) is 12.3 Å². The molecule has 0 amide bonds. The largest absolute Gasteiger partial charge is 0.386 e. The molecule has 1 aliphatic rings. The van der Waals surface area contributed by atoms with Crippen LogP contribution in [0.4, 0.5) is 17.6 Å². The summed E-state index contributed by atoms with van der Waals surface area (Å²) in [6.45, 7) is 0.319. The number of nitrogens with zero attached hydrogens (tertiary/aromatic N) is 4. The average molecular weight is 391 g/mol. The molecule has 0 radical (unpaired) electrons. The summed E-state index contributed by atoms with van der Waals surface area (Å²) in [5, 5.41) is 8.73. The number of halogens is 4. The quantitative estimate of drug-likeness (QED) is 0.811. The number of aliphatic imine (C=N–C) groups is 1. The number of ether oxygens (including phenoxy) is 1. The number of hydrogen-bond acceptors (Lipinski definition) is 6. The molecule has 144 valence electrons. The molecule has 0 fully saturated rings. The fourth-order valence-electron chi connectivity index (χ4n) is 2.56. The second-order valence-electron chi connectivity index (χ2n) is 6.08. The molecule has 3 heterocycles. The Hall–Kier alpha value is -3.32. The summed E-state index contributed by atoms with van der Waals surface area (Å²) in [6, 6.07) is 6.45. The van der Waals surface area contributed by atoms with E-state index < -0.39 is 35.6 Å². The Morgan fingerprint density at radius 3 is 2.71 bits per heavy atom. The van der Waals surface area contributed by atoms with Gasteiger partial charge < -0.3 is 10.5 Å². The summed E-state index contributed by atoms with van der Waals surface area (Å²) in [5.41, 5.74) is 2.20. The molecule has 1 aliphatic heterocycles. The smallest absolute Gasteiger partial charge is 0.385 e. The van der Waals surface area contributed by atoms with Gasteiger partial charge in [-0.2, -0.15) is 14.0 Å². The van der Waals surface area contributed by atoms with Gasteiger partial charge in [-0.1, -0.05) is 0 Å². The lowest BCUT2D eigenvalue weighted by molar-refractivity contribution is -0.277. The monoisotopic (exact) mass is 391 g/mol. The highest BCUT2D eigenvalue weighted by atomic mass is 19.3. The highest BCUT2D eigenvalue weighted by Crippen LogP contribution is 2.44. The van der Waals surface area contributed by atoms with Gasteiger partial charge in [-0.3, -0.25) is 4.98 Å². The van der Waals surface area contributed by atoms with Gasteiger partial charge in [0.25, 0.3) is 0 Å². The molecule has 1 atom stereocenters. The fourth-order valence-corrected chi connectivity index (χ4v) is 2.56. The van der Waals surface area contributed by atoms with E-state index in [1.165, 1.54) is 18.3 Å². The Labute approximate surface area is 157 Å². The highest BCUT2D eigenvalue weighted by Gasteiger charge is 2.57. The van der Waals surface area contributed by atoms with Crippen LogP contribution in [-0.2, 0) is 10.3 Å². The van der Waals surface area contributed by atoms with Crippen LogP contribution < -0.4 is 5.73 Å². The number of rotatable bonds is 3. The molecule has 0 unspecified atom stereocenters. The van der Waals surface area contributed by atoms with E-state index in [-0.39, 0.29) is 22.8 Å². The lowest BCUT2D eigenvalue weighted by Gasteiger charge is -2.36. The van der Waals surface area contributed by atoms with Crippen molar-refractivity contribution in [3.63, 3.8) is 0 Å². The first kappa shape index (κ1) is 19.4. The third-order valence-corrected chi connectivity index (χ3v) is 4.08. The lowest BCUT2D eigenvalue weighted by atomic mass is 9.94. The van der Waals surface area contributed by atoms with E-state index in [2.05, 4.69) is 19.7 Å². The minimum Gasteiger partial charge on any atom is -0.385 e. The maximum Gasteiger partial charge on any atom is 0.386 e. The molecule has 0 saturated heterocycles. The Morgan fingerprint density at radius 2 is 2.07 bits per heavy atom. The molecule has 10 heteroatoms. The SMILES string of the molecule is C[C@]1(c2nc(/C=C(\F)c3ccc(C#N)cn3)ccc2F)N=C(N)COC1(F)F. The molecule has 6 nitrogen and oxygen atoms in total. The first-order valence-electron chi connectivity index (χ1n) is 7.93. The van der Waals surface area contributed by atoms with E-state index in [1.54, 1.807) is 0 Å². The summed E-state index contributed by atoms with van der Waals surface area (Å²) in [4.78, 5) is 11.2. The van der Waals surface area contributed by atoms with Crippen LogP contribution in [0.2, 0.25) is 0 Å². The Morgan fingerprint density at radius 1 is 1.32 bits per heavy atom. The van der Waals surface area contributed by atoms with Crippen LogP contribution in [0, 0.1) is 17.1 Å². The van der Waals surface area contributed by atoms with Gasteiger partial charge in [-0.25, -0.2) is 18.8 Å². The van der Waals surface area contributed by atoms with Crippen LogP contribution in [0.25, 0.3) is 11.9 Å². The Bertz CT molecular complexity index is 1010. The van der Waals surface area contributed by atoms with Crippen LogP contribution in [-0.4, -0.2) is 28.5 Å². The molecule has 2 aromatic heterocycles. The molecular formula is C18H13F4N5O. The molecule has 0 aliphatic carbocycles. The first-order valence-corrected chi connectivity index (χ1v) is 7.93. The molecule has 0 spiro atoms. The molecule has 28 heavy (non-hydrogen) atoms. The molecule has 2 N–H and O–H groups in total. The van der Waals surface area contributed by atoms with Crippen molar-refractivity contribution in [2.75, 3.05) is 6.61 Å². The number of nitriles is 1. The summed E-state index contributed by atoms with van der Waals surface area (Å²) < 4.78 is 61.7. The van der Waals surface area contributed by atoms with Gasteiger partial charge in [0.1, 0.15) is 30.0 Å². The standard InChI is InChI=1S/C18H13F4N5O/c1-17(18(21,22)28-9-15(24)27-17)16-12(19)4-3-11(26-16)6-13(20)14-5-2-10(7-23)8-25-14/h2-6,8H,9H2,1H3,(H2,24,27)/b13-6-/t17-/m1/s1. The number of alkyl halides is 2. The number of hydrogen-bond donors (Lipinski definition) is 1. The Kier molecular flexibility index (Phi) is 4.87. The van der Waals surface area contributed by atoms with Gasteiger partial charge in [-0.15, -0.1) is 0 Å². The van der Waals surface area contributed by atoms with Gasteiger partial charge in [0.05, 0.1) is 17.0 Å². The third kappa shape index (κ3) is 3.44. The predicted octanol–water partition coefficient (Wildman–Crippen LogP) is 3.15. The van der Waals surface area contributed by atoms with Crippen molar-refractivity contribution >= 4 is 17.7 Å². The van der Waals surface area contributed by atoms with E-state index >= 15 is 0 Å². The van der Waals surface area contributed by atoms with Crippen LogP contribution >= 0.6 is 0 Å². The third-order valence-electron chi connectivity index (χ3n) is 4.08. The van der Waals surface area contributed by atoms with Crippen molar-refractivity contribution in [1.82, 2.24) is 9.97 Å². The highest BCUT2D eigenvalue weighted by molar-refractivity contribution is 5.82. The van der Waals surface area contributed by atoms with Crippen molar-refractivity contribution in [3.05, 3.63) is 58.9 Å². The van der Waals surface area contributed by atoms with Crippen molar-refractivity contribution in [2.24, 2.45) is 10.7 Å². The molecule has 3 rings (SSSR count). The normalized spacial score (nSPS) is 21.7. The summed E-state index contributed by atoms with van der Waals surface area (Å²) in [6.07, 6.45) is -1.81. The molecule has 0 saturated carbocycles. The average Bonchev–Trinajstić information content (AvgIpc) is 2.66. The first-order chi connectivity index (χ1) is 13.2. The van der Waals surface area contributed by atoms with Crippen LogP contribution in [0.1, 0.15) is 29.6 Å². The molecular weight excluding hydrogens is 378 g/mol. The second-order valence-corrected chi connectivity index (χ2v) is 6.08. The minimum absolute atomic E-state index is 0.105. The number of nitrogens with two attached hydrogens (primary N) is 1. The second kappa shape index (κ2) is 7.01. The zero-order chi connectivity index (χ0) is 20.5. The number of pyridine rings is 2. The van der Waals surface area contributed by atoms with E-state index in [0.29, 0.717) is 0 Å². The minimum atomic E-state index is -3.88. The van der Waals surface area contributed by atoms with Crippen molar-refractivity contribution in [3.8, 4) is 6.07 Å². The fraction of sp³-hybridized carbons (Fsp3) is 0.222. The van der Waals surface area contributed by atoms with Crippen molar-refractivity contribution in [2.45, 2.75) is 18.6 Å². The summed E-state index contributed by atoms with van der Waals surface area (Å²) >= 11 is 0. The van der Waals surface area contributed by atoms with Gasteiger partial charge in [0.15, 0.2) is 11.4 Å². The predicted molar refractivity (Wildman–Crippen MR) is 92.0 cm³/mol. The molecule has 0 aromatic carbocycles. The maximum absolute atomic E-state index is 14.4. The topological polar surface area (TPSA) is 97.2 Å². The van der Waals surface area contributed by atoms with E-state index in [4.69, 9.17) is 11.0 Å². The molecule has 0 bridgehead atoms. The zero-order valence-corrected chi connectivity index (χ0v) is 14.5. The van der Waals surface area contributed by atoms with Crippen LogP contribution in [0.3, 0.4) is 0 Å². The summed E-state index contributed by atoms with van der Waals surface area (Å²) in [5.74, 6) is -2.17. The van der Waals surface area contributed by atoms with Crippen molar-refractivity contribution < 1.29 is 22.3 Å². The van der Waals surface area contributed by atoms with Gasteiger partial charge in [0.2, 0.25) is 0 Å². The van der Waals surface area contributed by atoms with Gasteiger partial charge >= 0.3 is 6.11 Å². The Balaban J connectivity index is 2.04. The van der Waals surface area contributed by atoms with Crippen LogP contribution in [0.15, 0.2) is 35.5 Å². The zero-order valence-electron chi connectivity index (χ0n) is 14.5. The van der Waals surface area contributed by atoms with Crippen LogP contribution in [0.5, 0.6) is 0 Å². The summed E-state index contributed by atoms with van der Waals surface area (Å²) in [7, 11) is 0. The van der Waals surface area contributed by atoms with Gasteiger partial charge in [-0.05, 0) is 31.2 Å². The number of aromatic nitrogens is 2. The van der Waals surface area contributed by atoms with E-state index in [1.807, 2.05) is 6.07 Å². The lowest BCUT2D eigenvalue weighted by Crippen LogP contribution is -2.51. The molecule has 2 aromatic rings. The van der Waals surface area contributed by atoms with E-state index in [9.17, 15) is 17.6 Å². The number of amidine groups is 1. The van der Waals surface area contributed by atoms with Crippen molar-refractivity contribution in [1.29, 1.82) is 5.26 Å².